The monoisotopic (exact) mass is 330 g/mol. The molecule has 0 radical (unpaired) electrons. The van der Waals surface area contributed by atoms with E-state index >= 15 is 0 Å². The van der Waals surface area contributed by atoms with E-state index in [1.807, 2.05) is 12.4 Å². The highest BCUT2D eigenvalue weighted by atomic mass is 15.5. The zero-order valence-electron chi connectivity index (χ0n) is 14.9. The standard InChI is InChI=1S/C18H28N6/c1-21-6-10-23(11-7-21)19-15-17-4-3-5-18(14-17)16-20-24-12-8-22(2)9-13-24/h3-5,14-16H,6-13H2,1-2H3/p+2/b19-15-,20-16-. The van der Waals surface area contributed by atoms with Crippen molar-refractivity contribution in [3.05, 3.63) is 35.4 Å². The highest BCUT2D eigenvalue weighted by Crippen LogP contribution is 2.03. The van der Waals surface area contributed by atoms with Gasteiger partial charge in [-0.2, -0.15) is 10.2 Å². The zero-order chi connectivity index (χ0) is 16.8. The molecule has 0 bridgehead atoms. The molecule has 2 saturated heterocycles. The van der Waals surface area contributed by atoms with Crippen LogP contribution in [0.15, 0.2) is 34.5 Å². The third kappa shape index (κ3) is 5.04. The fraction of sp³-hybridized carbons (Fsp3) is 0.556. The van der Waals surface area contributed by atoms with Crippen molar-refractivity contribution in [3.63, 3.8) is 0 Å². The molecule has 6 heteroatoms. The maximum Gasteiger partial charge on any atom is 0.0964 e. The van der Waals surface area contributed by atoms with Gasteiger partial charge in [0.2, 0.25) is 0 Å². The molecule has 2 fully saturated rings. The van der Waals surface area contributed by atoms with Gasteiger partial charge in [0.25, 0.3) is 0 Å². The molecule has 6 nitrogen and oxygen atoms in total. The van der Waals surface area contributed by atoms with Crippen molar-refractivity contribution >= 4 is 12.4 Å². The molecule has 0 spiro atoms. The van der Waals surface area contributed by atoms with Crippen molar-refractivity contribution < 1.29 is 9.80 Å². The Labute approximate surface area is 145 Å². The van der Waals surface area contributed by atoms with E-state index in [1.165, 1.54) is 0 Å². The summed E-state index contributed by atoms with van der Waals surface area (Å²) in [5.41, 5.74) is 2.26. The fourth-order valence-corrected chi connectivity index (χ4v) is 3.00. The molecule has 0 aromatic heterocycles. The van der Waals surface area contributed by atoms with E-state index in [0.717, 1.165) is 63.5 Å². The number of nitrogens with one attached hydrogen (secondary N) is 2. The van der Waals surface area contributed by atoms with E-state index in [-0.39, 0.29) is 0 Å². The lowest BCUT2D eigenvalue weighted by Crippen LogP contribution is -3.11. The summed E-state index contributed by atoms with van der Waals surface area (Å²) in [6, 6.07) is 8.42. The second-order valence-corrected chi connectivity index (χ2v) is 6.98. The zero-order valence-corrected chi connectivity index (χ0v) is 14.9. The Morgan fingerprint density at radius 2 is 1.21 bits per heavy atom. The number of hydrogen-bond donors (Lipinski definition) is 2. The lowest BCUT2D eigenvalue weighted by Gasteiger charge is -2.27. The first-order chi connectivity index (χ1) is 11.7. The molecular formula is C18H30N6+2. The highest BCUT2D eigenvalue weighted by molar-refractivity contribution is 5.85. The first-order valence-electron chi connectivity index (χ1n) is 8.99. The molecule has 3 rings (SSSR count). The van der Waals surface area contributed by atoms with Gasteiger partial charge in [-0.25, -0.2) is 0 Å². The molecule has 130 valence electrons. The molecule has 2 aliphatic heterocycles. The second kappa shape index (κ2) is 8.26. The van der Waals surface area contributed by atoms with Crippen LogP contribution in [-0.4, -0.2) is 88.9 Å². The Morgan fingerprint density at radius 3 is 1.62 bits per heavy atom. The number of piperazine rings is 2. The van der Waals surface area contributed by atoms with Crippen molar-refractivity contribution in [2.75, 3.05) is 66.5 Å². The average Bonchev–Trinajstić information content (AvgIpc) is 2.61. The van der Waals surface area contributed by atoms with Crippen LogP contribution in [0.4, 0.5) is 0 Å². The van der Waals surface area contributed by atoms with Gasteiger partial charge in [0.05, 0.1) is 78.9 Å². The van der Waals surface area contributed by atoms with Crippen LogP contribution in [0.5, 0.6) is 0 Å². The van der Waals surface area contributed by atoms with Gasteiger partial charge in [0.1, 0.15) is 0 Å². The maximum atomic E-state index is 4.62. The minimum atomic E-state index is 1.04. The number of nitrogens with zero attached hydrogens (tertiary/aromatic N) is 4. The van der Waals surface area contributed by atoms with Crippen molar-refractivity contribution in [2.45, 2.75) is 0 Å². The third-order valence-corrected chi connectivity index (χ3v) is 4.84. The van der Waals surface area contributed by atoms with Crippen molar-refractivity contribution in [3.8, 4) is 0 Å². The lowest BCUT2D eigenvalue weighted by molar-refractivity contribution is -0.884. The third-order valence-electron chi connectivity index (χ3n) is 4.84. The highest BCUT2D eigenvalue weighted by Gasteiger charge is 2.14. The Morgan fingerprint density at radius 1 is 0.792 bits per heavy atom. The average molecular weight is 330 g/mol. The van der Waals surface area contributed by atoms with E-state index in [1.54, 1.807) is 9.80 Å². The predicted octanol–water partition coefficient (Wildman–Crippen LogP) is -1.98. The Bertz CT molecular complexity index is 521. The second-order valence-electron chi connectivity index (χ2n) is 6.98. The molecule has 24 heavy (non-hydrogen) atoms. The SMILES string of the molecule is C[NH+]1CCN(/N=C\c2cccc(/C=N\N3CC[NH+](C)CC3)c2)CC1. The van der Waals surface area contributed by atoms with Crippen LogP contribution in [0.25, 0.3) is 0 Å². The van der Waals surface area contributed by atoms with E-state index < -0.39 is 0 Å². The van der Waals surface area contributed by atoms with Gasteiger partial charge in [-0.3, -0.25) is 10.0 Å². The number of hydrogen-bond acceptors (Lipinski definition) is 4. The van der Waals surface area contributed by atoms with E-state index in [4.69, 9.17) is 0 Å². The smallest absolute Gasteiger partial charge is 0.0964 e. The predicted molar refractivity (Wildman–Crippen MR) is 98.0 cm³/mol. The number of benzene rings is 1. The first kappa shape index (κ1) is 16.9. The van der Waals surface area contributed by atoms with Crippen molar-refractivity contribution in [1.82, 2.24) is 10.0 Å². The van der Waals surface area contributed by atoms with E-state index in [9.17, 15) is 0 Å². The van der Waals surface area contributed by atoms with Gasteiger partial charge in [-0.1, -0.05) is 18.2 Å². The van der Waals surface area contributed by atoms with Gasteiger partial charge >= 0.3 is 0 Å². The molecule has 2 heterocycles. The van der Waals surface area contributed by atoms with Crippen molar-refractivity contribution in [1.29, 1.82) is 0 Å². The van der Waals surface area contributed by atoms with Crippen LogP contribution in [0, 0.1) is 0 Å². The summed E-state index contributed by atoms with van der Waals surface area (Å²) in [5, 5.41) is 13.6. The number of likely N-dealkylation sites (N-methyl/N-ethyl adjacent to an activating group) is 2. The maximum absolute atomic E-state index is 4.62. The lowest BCUT2D eigenvalue weighted by atomic mass is 10.1. The van der Waals surface area contributed by atoms with Gasteiger partial charge in [-0.05, 0) is 17.2 Å². The Balaban J connectivity index is 1.55. The van der Waals surface area contributed by atoms with Gasteiger partial charge in [-0.15, -0.1) is 0 Å². The quantitative estimate of drug-likeness (QED) is 0.628. The minimum absolute atomic E-state index is 1.04. The molecular weight excluding hydrogens is 300 g/mol. The van der Waals surface area contributed by atoms with Crippen LogP contribution in [0.1, 0.15) is 11.1 Å². The Kier molecular flexibility index (Phi) is 5.82. The molecule has 0 unspecified atom stereocenters. The summed E-state index contributed by atoms with van der Waals surface area (Å²) in [6.07, 6.45) is 3.94. The number of rotatable bonds is 4. The minimum Gasteiger partial charge on any atom is -0.334 e. The van der Waals surface area contributed by atoms with Crippen molar-refractivity contribution in [2.24, 2.45) is 10.2 Å². The van der Waals surface area contributed by atoms with Gasteiger partial charge in [0.15, 0.2) is 0 Å². The van der Waals surface area contributed by atoms with E-state index in [2.05, 4.69) is 58.6 Å². The molecule has 1 aromatic carbocycles. The van der Waals surface area contributed by atoms with Crippen LogP contribution in [0.3, 0.4) is 0 Å². The van der Waals surface area contributed by atoms with Crippen LogP contribution < -0.4 is 9.80 Å². The summed E-state index contributed by atoms with van der Waals surface area (Å²) in [7, 11) is 4.48. The molecule has 2 N–H and O–H groups in total. The molecule has 0 aliphatic carbocycles. The van der Waals surface area contributed by atoms with Crippen LogP contribution in [-0.2, 0) is 0 Å². The topological polar surface area (TPSA) is 40.1 Å². The summed E-state index contributed by atoms with van der Waals surface area (Å²) in [4.78, 5) is 3.18. The molecule has 0 atom stereocenters. The summed E-state index contributed by atoms with van der Waals surface area (Å²) < 4.78 is 0. The normalized spacial score (nSPS) is 21.2. The number of quaternary nitrogens is 2. The molecule has 0 saturated carbocycles. The largest absolute Gasteiger partial charge is 0.334 e. The summed E-state index contributed by atoms with van der Waals surface area (Å²) in [5.74, 6) is 0. The fourth-order valence-electron chi connectivity index (χ4n) is 3.00. The summed E-state index contributed by atoms with van der Waals surface area (Å²) >= 11 is 0. The van der Waals surface area contributed by atoms with Gasteiger partial charge in [0, 0.05) is 0 Å². The molecule has 1 aromatic rings. The van der Waals surface area contributed by atoms with Crippen LogP contribution in [0.2, 0.25) is 0 Å². The number of hydrazone groups is 2. The van der Waals surface area contributed by atoms with Gasteiger partial charge < -0.3 is 9.80 Å². The molecule has 2 aliphatic rings. The molecule has 0 amide bonds. The summed E-state index contributed by atoms with van der Waals surface area (Å²) in [6.45, 7) is 8.80. The van der Waals surface area contributed by atoms with E-state index in [0.29, 0.717) is 0 Å². The Hall–Kier alpha value is -1.92. The van der Waals surface area contributed by atoms with Crippen LogP contribution >= 0.6 is 0 Å². The first-order valence-corrected chi connectivity index (χ1v) is 8.99.